The zero-order chi connectivity index (χ0) is 20.0. The summed E-state index contributed by atoms with van der Waals surface area (Å²) >= 11 is 0. The third kappa shape index (κ3) is 4.78. The molecule has 0 bridgehead atoms. The Balaban J connectivity index is 2.13. The van der Waals surface area contributed by atoms with Gasteiger partial charge in [0.15, 0.2) is 0 Å². The second-order valence-corrected chi connectivity index (χ2v) is 6.25. The van der Waals surface area contributed by atoms with E-state index in [1.54, 1.807) is 23.1 Å². The van der Waals surface area contributed by atoms with E-state index in [-0.39, 0.29) is 11.8 Å². The van der Waals surface area contributed by atoms with E-state index < -0.39 is 0 Å². The standard InChI is InChI=1S/C21H26N2O4/c1-14-9-10-15(2)17(13-14)23(16(3)24)12-11-22-21(25)20-18(26-4)7-6-8-19(20)27-5/h6-10,13H,11-12H2,1-5H3,(H,22,25). The highest BCUT2D eigenvalue weighted by Gasteiger charge is 2.19. The number of carbonyl (C=O) groups is 2. The van der Waals surface area contributed by atoms with Crippen molar-refractivity contribution in [2.75, 3.05) is 32.2 Å². The molecule has 27 heavy (non-hydrogen) atoms. The molecule has 0 aromatic heterocycles. The molecule has 0 spiro atoms. The van der Waals surface area contributed by atoms with Gasteiger partial charge in [0.25, 0.3) is 5.91 Å². The van der Waals surface area contributed by atoms with Crippen molar-refractivity contribution in [3.8, 4) is 11.5 Å². The van der Waals surface area contributed by atoms with Crippen LogP contribution in [0, 0.1) is 13.8 Å². The SMILES string of the molecule is COc1cccc(OC)c1C(=O)NCCN(C(C)=O)c1cc(C)ccc1C. The van der Waals surface area contributed by atoms with E-state index in [9.17, 15) is 9.59 Å². The second-order valence-electron chi connectivity index (χ2n) is 6.25. The van der Waals surface area contributed by atoms with Crippen LogP contribution in [0.3, 0.4) is 0 Å². The minimum atomic E-state index is -0.311. The summed E-state index contributed by atoms with van der Waals surface area (Å²) in [5.41, 5.74) is 3.27. The Morgan fingerprint density at radius 2 is 1.67 bits per heavy atom. The fourth-order valence-electron chi connectivity index (χ4n) is 2.90. The summed E-state index contributed by atoms with van der Waals surface area (Å²) in [7, 11) is 3.01. The zero-order valence-electron chi connectivity index (χ0n) is 16.5. The van der Waals surface area contributed by atoms with Gasteiger partial charge in [0, 0.05) is 25.7 Å². The number of ether oxygens (including phenoxy) is 2. The molecule has 0 unspecified atom stereocenters. The van der Waals surface area contributed by atoms with Gasteiger partial charge in [-0.05, 0) is 43.2 Å². The summed E-state index contributed by atoms with van der Waals surface area (Å²) in [5, 5.41) is 2.84. The molecule has 0 aliphatic rings. The van der Waals surface area contributed by atoms with Crippen LogP contribution in [0.2, 0.25) is 0 Å². The maximum absolute atomic E-state index is 12.6. The van der Waals surface area contributed by atoms with Crippen molar-refractivity contribution in [1.29, 1.82) is 0 Å². The highest BCUT2D eigenvalue weighted by molar-refractivity contribution is 6.00. The lowest BCUT2D eigenvalue weighted by Gasteiger charge is -2.24. The van der Waals surface area contributed by atoms with E-state index in [1.165, 1.54) is 21.1 Å². The lowest BCUT2D eigenvalue weighted by atomic mass is 10.1. The number of amides is 2. The first-order valence-electron chi connectivity index (χ1n) is 8.73. The summed E-state index contributed by atoms with van der Waals surface area (Å²) in [6.07, 6.45) is 0. The molecule has 0 saturated heterocycles. The number of rotatable bonds is 7. The summed E-state index contributed by atoms with van der Waals surface area (Å²) in [6, 6.07) is 11.1. The molecular weight excluding hydrogens is 344 g/mol. The first kappa shape index (κ1) is 20.3. The Morgan fingerprint density at radius 1 is 1.04 bits per heavy atom. The van der Waals surface area contributed by atoms with E-state index in [0.717, 1.165) is 16.8 Å². The Kier molecular flexibility index (Phi) is 6.82. The van der Waals surface area contributed by atoms with Gasteiger partial charge in [0.2, 0.25) is 5.91 Å². The molecule has 2 aromatic carbocycles. The highest BCUT2D eigenvalue weighted by atomic mass is 16.5. The Hall–Kier alpha value is -3.02. The fraction of sp³-hybridized carbons (Fsp3) is 0.333. The van der Waals surface area contributed by atoms with Crippen molar-refractivity contribution in [2.24, 2.45) is 0 Å². The van der Waals surface area contributed by atoms with Crippen LogP contribution in [-0.2, 0) is 4.79 Å². The Labute approximate surface area is 160 Å². The normalized spacial score (nSPS) is 10.3. The van der Waals surface area contributed by atoms with E-state index in [4.69, 9.17) is 9.47 Å². The van der Waals surface area contributed by atoms with Gasteiger partial charge in [0.1, 0.15) is 17.1 Å². The summed E-state index contributed by atoms with van der Waals surface area (Å²) < 4.78 is 10.5. The van der Waals surface area contributed by atoms with Gasteiger partial charge in [-0.3, -0.25) is 9.59 Å². The molecule has 0 atom stereocenters. The van der Waals surface area contributed by atoms with Gasteiger partial charge < -0.3 is 19.7 Å². The monoisotopic (exact) mass is 370 g/mol. The van der Waals surface area contributed by atoms with Crippen LogP contribution in [0.5, 0.6) is 11.5 Å². The number of benzene rings is 2. The third-order valence-electron chi connectivity index (χ3n) is 4.31. The first-order chi connectivity index (χ1) is 12.9. The number of methoxy groups -OCH3 is 2. The average Bonchev–Trinajstić information content (AvgIpc) is 2.66. The molecule has 0 fully saturated rings. The summed E-state index contributed by atoms with van der Waals surface area (Å²) in [5.74, 6) is 0.483. The lowest BCUT2D eigenvalue weighted by Crippen LogP contribution is -2.38. The van der Waals surface area contributed by atoms with Crippen molar-refractivity contribution in [3.63, 3.8) is 0 Å². The molecule has 1 N–H and O–H groups in total. The largest absolute Gasteiger partial charge is 0.496 e. The molecule has 0 heterocycles. The molecule has 0 aliphatic carbocycles. The summed E-state index contributed by atoms with van der Waals surface area (Å²) in [4.78, 5) is 26.4. The topological polar surface area (TPSA) is 67.9 Å². The maximum atomic E-state index is 12.6. The molecule has 144 valence electrons. The van der Waals surface area contributed by atoms with E-state index >= 15 is 0 Å². The molecule has 0 saturated carbocycles. The van der Waals surface area contributed by atoms with E-state index in [2.05, 4.69) is 5.32 Å². The van der Waals surface area contributed by atoms with Gasteiger partial charge in [-0.2, -0.15) is 0 Å². The van der Waals surface area contributed by atoms with Crippen molar-refractivity contribution in [3.05, 3.63) is 53.1 Å². The van der Waals surface area contributed by atoms with Crippen molar-refractivity contribution >= 4 is 17.5 Å². The fourth-order valence-corrected chi connectivity index (χ4v) is 2.90. The van der Waals surface area contributed by atoms with Crippen LogP contribution in [-0.4, -0.2) is 39.1 Å². The average molecular weight is 370 g/mol. The first-order valence-corrected chi connectivity index (χ1v) is 8.73. The van der Waals surface area contributed by atoms with Crippen molar-refractivity contribution < 1.29 is 19.1 Å². The Morgan fingerprint density at radius 3 is 2.22 bits per heavy atom. The van der Waals surface area contributed by atoms with Crippen LogP contribution in [0.4, 0.5) is 5.69 Å². The molecule has 0 radical (unpaired) electrons. The number of anilines is 1. The predicted octanol–water partition coefficient (Wildman–Crippen LogP) is 3.10. The smallest absolute Gasteiger partial charge is 0.258 e. The van der Waals surface area contributed by atoms with E-state index in [1.807, 2.05) is 32.0 Å². The minimum Gasteiger partial charge on any atom is -0.496 e. The van der Waals surface area contributed by atoms with Crippen LogP contribution in [0.25, 0.3) is 0 Å². The van der Waals surface area contributed by atoms with E-state index in [0.29, 0.717) is 30.2 Å². The molecule has 2 rings (SSSR count). The van der Waals surface area contributed by atoms with Gasteiger partial charge in [-0.25, -0.2) is 0 Å². The second kappa shape index (κ2) is 9.07. The number of nitrogens with one attached hydrogen (secondary N) is 1. The molecule has 2 aromatic rings. The van der Waals surface area contributed by atoms with Gasteiger partial charge in [-0.15, -0.1) is 0 Å². The van der Waals surface area contributed by atoms with Gasteiger partial charge >= 0.3 is 0 Å². The zero-order valence-corrected chi connectivity index (χ0v) is 16.5. The third-order valence-corrected chi connectivity index (χ3v) is 4.31. The molecule has 6 nitrogen and oxygen atoms in total. The summed E-state index contributed by atoms with van der Waals surface area (Å²) in [6.45, 7) is 6.13. The van der Waals surface area contributed by atoms with Crippen LogP contribution in [0.1, 0.15) is 28.4 Å². The van der Waals surface area contributed by atoms with Crippen LogP contribution >= 0.6 is 0 Å². The molecular formula is C21H26N2O4. The predicted molar refractivity (Wildman–Crippen MR) is 106 cm³/mol. The molecule has 0 aliphatic heterocycles. The van der Waals surface area contributed by atoms with Gasteiger partial charge in [0.05, 0.1) is 14.2 Å². The Bertz CT molecular complexity index is 811. The molecule has 6 heteroatoms. The van der Waals surface area contributed by atoms with Crippen molar-refractivity contribution in [2.45, 2.75) is 20.8 Å². The van der Waals surface area contributed by atoms with Gasteiger partial charge in [-0.1, -0.05) is 18.2 Å². The maximum Gasteiger partial charge on any atom is 0.258 e. The van der Waals surface area contributed by atoms with Crippen molar-refractivity contribution in [1.82, 2.24) is 5.32 Å². The lowest BCUT2D eigenvalue weighted by molar-refractivity contribution is -0.116. The number of hydrogen-bond donors (Lipinski definition) is 1. The molecule has 2 amide bonds. The van der Waals surface area contributed by atoms with Crippen LogP contribution < -0.4 is 19.7 Å². The highest BCUT2D eigenvalue weighted by Crippen LogP contribution is 2.28. The number of carbonyl (C=O) groups excluding carboxylic acids is 2. The minimum absolute atomic E-state index is 0.0761. The number of nitrogens with zero attached hydrogens (tertiary/aromatic N) is 1. The number of aryl methyl sites for hydroxylation is 2. The number of hydrogen-bond acceptors (Lipinski definition) is 4. The quantitative estimate of drug-likeness (QED) is 0.813. The van der Waals surface area contributed by atoms with Crippen LogP contribution in [0.15, 0.2) is 36.4 Å².